The van der Waals surface area contributed by atoms with E-state index in [9.17, 15) is 9.90 Å². The number of carboxylic acids is 1. The summed E-state index contributed by atoms with van der Waals surface area (Å²) < 4.78 is 5.81. The van der Waals surface area contributed by atoms with Crippen LogP contribution >= 0.6 is 0 Å². The zero-order valence-electron chi connectivity index (χ0n) is 13.1. The molecule has 2 fully saturated rings. The highest BCUT2D eigenvalue weighted by Gasteiger charge is 2.43. The number of nitrogens with zero attached hydrogens (tertiary/aromatic N) is 1. The summed E-state index contributed by atoms with van der Waals surface area (Å²) >= 11 is 0. The van der Waals surface area contributed by atoms with Gasteiger partial charge in [-0.25, -0.2) is 0 Å². The van der Waals surface area contributed by atoms with Gasteiger partial charge in [0.25, 0.3) is 0 Å². The SMILES string of the molecule is CCCC1(C(=O)O)CCCN(C2CC(C)OC(C)C2)C1. The first kappa shape index (κ1) is 15.8. The Balaban J connectivity index is 2.07. The lowest BCUT2D eigenvalue weighted by Crippen LogP contribution is -2.53. The third-order valence-corrected chi connectivity index (χ3v) is 4.98. The third kappa shape index (κ3) is 3.34. The van der Waals surface area contributed by atoms with Crippen molar-refractivity contribution in [3.8, 4) is 0 Å². The van der Waals surface area contributed by atoms with E-state index in [4.69, 9.17) is 4.74 Å². The van der Waals surface area contributed by atoms with Gasteiger partial charge in [-0.3, -0.25) is 9.69 Å². The Kier molecular flexibility index (Phi) is 5.08. The predicted octanol–water partition coefficient (Wildman–Crippen LogP) is 2.91. The second-order valence-electron chi connectivity index (χ2n) is 6.79. The normalized spacial score (nSPS) is 39.6. The van der Waals surface area contributed by atoms with Crippen LogP contribution in [0.25, 0.3) is 0 Å². The molecule has 4 heteroatoms. The van der Waals surface area contributed by atoms with E-state index in [0.717, 1.165) is 51.6 Å². The molecule has 0 radical (unpaired) electrons. The quantitative estimate of drug-likeness (QED) is 0.862. The Morgan fingerprint density at radius 3 is 2.55 bits per heavy atom. The highest BCUT2D eigenvalue weighted by molar-refractivity contribution is 5.75. The van der Waals surface area contributed by atoms with Crippen LogP contribution < -0.4 is 0 Å². The Morgan fingerprint density at radius 2 is 2.00 bits per heavy atom. The second-order valence-corrected chi connectivity index (χ2v) is 6.79. The molecule has 3 unspecified atom stereocenters. The molecule has 0 aromatic heterocycles. The number of likely N-dealkylation sites (tertiary alicyclic amines) is 1. The summed E-state index contributed by atoms with van der Waals surface area (Å²) in [5, 5.41) is 9.69. The minimum Gasteiger partial charge on any atom is -0.481 e. The van der Waals surface area contributed by atoms with Gasteiger partial charge >= 0.3 is 5.97 Å². The van der Waals surface area contributed by atoms with E-state index < -0.39 is 11.4 Å². The van der Waals surface area contributed by atoms with E-state index in [1.165, 1.54) is 0 Å². The number of ether oxygens (including phenoxy) is 1. The molecule has 2 aliphatic rings. The Labute approximate surface area is 122 Å². The van der Waals surface area contributed by atoms with Crippen LogP contribution in [0.5, 0.6) is 0 Å². The fourth-order valence-corrected chi connectivity index (χ4v) is 4.11. The van der Waals surface area contributed by atoms with Crippen molar-refractivity contribution in [3.05, 3.63) is 0 Å². The first-order valence-corrected chi connectivity index (χ1v) is 8.10. The summed E-state index contributed by atoms with van der Waals surface area (Å²) in [4.78, 5) is 14.2. The maximum atomic E-state index is 11.8. The van der Waals surface area contributed by atoms with Gasteiger partial charge in [0.15, 0.2) is 0 Å². The van der Waals surface area contributed by atoms with E-state index in [2.05, 4.69) is 25.7 Å². The van der Waals surface area contributed by atoms with Crippen molar-refractivity contribution < 1.29 is 14.6 Å². The molecule has 0 aromatic carbocycles. The summed E-state index contributed by atoms with van der Waals surface area (Å²) in [5.74, 6) is -0.600. The van der Waals surface area contributed by atoms with Crippen LogP contribution in [0.15, 0.2) is 0 Å². The summed E-state index contributed by atoms with van der Waals surface area (Å²) in [5.41, 5.74) is -0.516. The van der Waals surface area contributed by atoms with Gasteiger partial charge in [-0.15, -0.1) is 0 Å². The molecule has 0 saturated carbocycles. The van der Waals surface area contributed by atoms with Crippen molar-refractivity contribution in [2.45, 2.75) is 77.5 Å². The largest absolute Gasteiger partial charge is 0.481 e. The van der Waals surface area contributed by atoms with Gasteiger partial charge < -0.3 is 9.84 Å². The second kappa shape index (κ2) is 6.44. The maximum Gasteiger partial charge on any atom is 0.310 e. The molecular weight excluding hydrogens is 254 g/mol. The van der Waals surface area contributed by atoms with Gasteiger partial charge in [0.1, 0.15) is 0 Å². The van der Waals surface area contributed by atoms with Crippen molar-refractivity contribution in [1.82, 2.24) is 4.90 Å². The van der Waals surface area contributed by atoms with Gasteiger partial charge in [0, 0.05) is 12.6 Å². The highest BCUT2D eigenvalue weighted by atomic mass is 16.5. The van der Waals surface area contributed by atoms with Crippen LogP contribution in [0.3, 0.4) is 0 Å². The van der Waals surface area contributed by atoms with Crippen molar-refractivity contribution in [3.63, 3.8) is 0 Å². The zero-order valence-corrected chi connectivity index (χ0v) is 13.1. The first-order valence-electron chi connectivity index (χ1n) is 8.10. The van der Waals surface area contributed by atoms with Crippen molar-refractivity contribution in [1.29, 1.82) is 0 Å². The molecule has 2 aliphatic heterocycles. The number of hydrogen-bond acceptors (Lipinski definition) is 3. The molecule has 0 amide bonds. The lowest BCUT2D eigenvalue weighted by Gasteiger charge is -2.46. The van der Waals surface area contributed by atoms with E-state index in [1.54, 1.807) is 0 Å². The minimum absolute atomic E-state index is 0.288. The topological polar surface area (TPSA) is 49.8 Å². The molecule has 116 valence electrons. The molecule has 2 rings (SSSR count). The van der Waals surface area contributed by atoms with Crippen LogP contribution in [0.1, 0.15) is 59.3 Å². The Bertz CT molecular complexity index is 333. The molecule has 0 spiro atoms. The summed E-state index contributed by atoms with van der Waals surface area (Å²) in [6.07, 6.45) is 6.23. The number of piperidine rings is 1. The number of rotatable bonds is 4. The van der Waals surface area contributed by atoms with Gasteiger partial charge in [-0.05, 0) is 52.5 Å². The maximum absolute atomic E-state index is 11.8. The monoisotopic (exact) mass is 283 g/mol. The fraction of sp³-hybridized carbons (Fsp3) is 0.938. The Morgan fingerprint density at radius 1 is 1.35 bits per heavy atom. The first-order chi connectivity index (χ1) is 9.47. The van der Waals surface area contributed by atoms with E-state index in [0.29, 0.717) is 6.04 Å². The zero-order chi connectivity index (χ0) is 14.8. The van der Waals surface area contributed by atoms with Gasteiger partial charge in [-0.2, -0.15) is 0 Å². The average molecular weight is 283 g/mol. The highest BCUT2D eigenvalue weighted by Crippen LogP contribution is 2.37. The smallest absolute Gasteiger partial charge is 0.310 e. The van der Waals surface area contributed by atoms with Crippen molar-refractivity contribution >= 4 is 5.97 Å². The van der Waals surface area contributed by atoms with E-state index in [-0.39, 0.29) is 12.2 Å². The van der Waals surface area contributed by atoms with Crippen LogP contribution in [0, 0.1) is 5.41 Å². The molecule has 20 heavy (non-hydrogen) atoms. The molecule has 4 nitrogen and oxygen atoms in total. The lowest BCUT2D eigenvalue weighted by molar-refractivity contribution is -0.155. The number of hydrogen-bond donors (Lipinski definition) is 1. The standard InChI is InChI=1S/C16H29NO3/c1-4-6-16(15(18)19)7-5-8-17(11-16)14-9-12(2)20-13(3)10-14/h12-14H,4-11H2,1-3H3,(H,18,19). The fourth-order valence-electron chi connectivity index (χ4n) is 4.11. The molecular formula is C16H29NO3. The summed E-state index contributed by atoms with van der Waals surface area (Å²) in [7, 11) is 0. The van der Waals surface area contributed by atoms with E-state index in [1.807, 2.05) is 0 Å². The molecule has 0 aliphatic carbocycles. The molecule has 0 aromatic rings. The summed E-state index contributed by atoms with van der Waals surface area (Å²) in [6.45, 7) is 8.11. The third-order valence-electron chi connectivity index (χ3n) is 4.98. The van der Waals surface area contributed by atoms with Gasteiger partial charge in [0.2, 0.25) is 0 Å². The van der Waals surface area contributed by atoms with Crippen molar-refractivity contribution in [2.75, 3.05) is 13.1 Å². The minimum atomic E-state index is -0.600. The van der Waals surface area contributed by atoms with Gasteiger partial charge in [-0.1, -0.05) is 13.3 Å². The lowest BCUT2D eigenvalue weighted by atomic mass is 9.75. The van der Waals surface area contributed by atoms with Crippen LogP contribution in [0.2, 0.25) is 0 Å². The average Bonchev–Trinajstić information content (AvgIpc) is 2.38. The predicted molar refractivity (Wildman–Crippen MR) is 78.8 cm³/mol. The number of carbonyl (C=O) groups is 1. The molecule has 2 heterocycles. The van der Waals surface area contributed by atoms with Crippen LogP contribution in [-0.2, 0) is 9.53 Å². The summed E-state index contributed by atoms with van der Waals surface area (Å²) in [6, 6.07) is 0.490. The van der Waals surface area contributed by atoms with Crippen molar-refractivity contribution in [2.24, 2.45) is 5.41 Å². The molecule has 1 N–H and O–H groups in total. The number of carboxylic acid groups (broad SMARTS) is 1. The van der Waals surface area contributed by atoms with Gasteiger partial charge in [0.05, 0.1) is 17.6 Å². The molecule has 2 saturated heterocycles. The van der Waals surface area contributed by atoms with E-state index >= 15 is 0 Å². The Hall–Kier alpha value is -0.610. The number of aliphatic carboxylic acids is 1. The molecule has 3 atom stereocenters. The van der Waals surface area contributed by atoms with Crippen LogP contribution in [0.4, 0.5) is 0 Å². The van der Waals surface area contributed by atoms with Crippen LogP contribution in [-0.4, -0.2) is 47.3 Å². The molecule has 0 bridgehead atoms.